The Labute approximate surface area is 133 Å². The number of amides is 1. The van der Waals surface area contributed by atoms with Crippen LogP contribution in [0, 0.1) is 12.8 Å². The zero-order valence-corrected chi connectivity index (χ0v) is 13.2. The molecule has 1 unspecified atom stereocenters. The monoisotopic (exact) mass is 317 g/mol. The van der Waals surface area contributed by atoms with Gasteiger partial charge in [0.15, 0.2) is 0 Å². The highest BCUT2D eigenvalue weighted by atomic mass is 32.1. The summed E-state index contributed by atoms with van der Waals surface area (Å²) in [5.41, 5.74) is 0.957. The van der Waals surface area contributed by atoms with Gasteiger partial charge in [-0.3, -0.25) is 9.59 Å². The van der Waals surface area contributed by atoms with Gasteiger partial charge in [-0.1, -0.05) is 30.3 Å². The number of hydrogen-bond donors (Lipinski definition) is 2. The van der Waals surface area contributed by atoms with E-state index in [9.17, 15) is 14.7 Å². The topological polar surface area (TPSA) is 66.4 Å². The molecule has 1 aromatic carbocycles. The number of nitrogens with one attached hydrogen (secondary N) is 1. The minimum Gasteiger partial charge on any atom is -0.481 e. The zero-order valence-electron chi connectivity index (χ0n) is 12.4. The molecule has 2 aromatic rings. The number of aryl methyl sites for hydroxylation is 1. The lowest BCUT2D eigenvalue weighted by Crippen LogP contribution is -2.34. The maximum atomic E-state index is 11.9. The summed E-state index contributed by atoms with van der Waals surface area (Å²) >= 11 is 1.58. The van der Waals surface area contributed by atoms with Crippen LogP contribution in [0.15, 0.2) is 42.5 Å². The Hall–Kier alpha value is -2.14. The quantitative estimate of drug-likeness (QED) is 0.825. The average molecular weight is 317 g/mol. The van der Waals surface area contributed by atoms with Gasteiger partial charge in [-0.15, -0.1) is 11.3 Å². The molecule has 1 heterocycles. The van der Waals surface area contributed by atoms with Crippen LogP contribution in [0.2, 0.25) is 0 Å². The van der Waals surface area contributed by atoms with Gasteiger partial charge in [0.1, 0.15) is 0 Å². The van der Waals surface area contributed by atoms with Crippen LogP contribution in [0.5, 0.6) is 0 Å². The van der Waals surface area contributed by atoms with E-state index in [0.29, 0.717) is 12.8 Å². The molecule has 5 heteroatoms. The Morgan fingerprint density at radius 1 is 1.18 bits per heavy atom. The second-order valence-electron chi connectivity index (χ2n) is 5.22. The van der Waals surface area contributed by atoms with Crippen molar-refractivity contribution in [3.05, 3.63) is 57.8 Å². The number of rotatable bonds is 7. The largest absolute Gasteiger partial charge is 0.481 e. The van der Waals surface area contributed by atoms with E-state index < -0.39 is 11.9 Å². The average Bonchev–Trinajstić information content (AvgIpc) is 2.89. The molecule has 0 spiro atoms. The first-order chi connectivity index (χ1) is 10.5. The molecule has 0 saturated heterocycles. The van der Waals surface area contributed by atoms with Crippen LogP contribution in [-0.4, -0.2) is 23.5 Å². The second kappa shape index (κ2) is 7.75. The number of carboxylic acid groups (broad SMARTS) is 1. The second-order valence-corrected chi connectivity index (χ2v) is 6.59. The summed E-state index contributed by atoms with van der Waals surface area (Å²) in [6.45, 7) is 2.14. The van der Waals surface area contributed by atoms with Crippen LogP contribution >= 0.6 is 11.3 Å². The number of thiophene rings is 1. The van der Waals surface area contributed by atoms with Crippen molar-refractivity contribution < 1.29 is 14.7 Å². The molecule has 0 radical (unpaired) electrons. The molecule has 0 aliphatic heterocycles. The fraction of sp³-hybridized carbons (Fsp3) is 0.294. The highest BCUT2D eigenvalue weighted by Crippen LogP contribution is 2.15. The lowest BCUT2D eigenvalue weighted by molar-refractivity contribution is -0.141. The minimum absolute atomic E-state index is 0.138. The first-order valence-corrected chi connectivity index (χ1v) is 7.95. The Balaban J connectivity index is 1.86. The molecular weight excluding hydrogens is 298 g/mol. The summed E-state index contributed by atoms with van der Waals surface area (Å²) < 4.78 is 0. The third-order valence-electron chi connectivity index (χ3n) is 3.35. The number of carboxylic acids is 1. The number of hydrogen-bond acceptors (Lipinski definition) is 3. The predicted octanol–water partition coefficient (Wildman–Crippen LogP) is 2.66. The molecule has 1 amide bonds. The lowest BCUT2D eigenvalue weighted by Gasteiger charge is -2.13. The predicted molar refractivity (Wildman–Crippen MR) is 87.0 cm³/mol. The van der Waals surface area contributed by atoms with Gasteiger partial charge in [0, 0.05) is 16.3 Å². The van der Waals surface area contributed by atoms with E-state index in [2.05, 4.69) is 5.32 Å². The van der Waals surface area contributed by atoms with Crippen LogP contribution in [0.4, 0.5) is 0 Å². The summed E-state index contributed by atoms with van der Waals surface area (Å²) in [7, 11) is 0. The lowest BCUT2D eigenvalue weighted by atomic mass is 9.99. The Bertz CT molecular complexity index is 636. The van der Waals surface area contributed by atoms with Crippen molar-refractivity contribution in [2.45, 2.75) is 19.8 Å². The van der Waals surface area contributed by atoms with Gasteiger partial charge in [-0.25, -0.2) is 0 Å². The van der Waals surface area contributed by atoms with Crippen molar-refractivity contribution in [2.75, 3.05) is 6.54 Å². The summed E-state index contributed by atoms with van der Waals surface area (Å²) in [5, 5.41) is 12.0. The number of aliphatic carboxylic acids is 1. The third kappa shape index (κ3) is 5.00. The summed E-state index contributed by atoms with van der Waals surface area (Å²) in [6.07, 6.45) is 0.713. The van der Waals surface area contributed by atoms with Gasteiger partial charge >= 0.3 is 5.97 Å². The first-order valence-electron chi connectivity index (χ1n) is 7.13. The Morgan fingerprint density at radius 2 is 1.91 bits per heavy atom. The van der Waals surface area contributed by atoms with Crippen LogP contribution in [0.25, 0.3) is 0 Å². The smallest absolute Gasteiger partial charge is 0.308 e. The van der Waals surface area contributed by atoms with Crippen molar-refractivity contribution in [1.82, 2.24) is 5.32 Å². The molecule has 0 aliphatic carbocycles. The molecule has 2 rings (SSSR count). The highest BCUT2D eigenvalue weighted by Gasteiger charge is 2.19. The van der Waals surface area contributed by atoms with Gasteiger partial charge in [-0.05, 0) is 31.0 Å². The molecule has 0 bridgehead atoms. The number of benzene rings is 1. The summed E-state index contributed by atoms with van der Waals surface area (Å²) in [6, 6.07) is 13.3. The van der Waals surface area contributed by atoms with E-state index in [-0.39, 0.29) is 12.5 Å². The molecule has 22 heavy (non-hydrogen) atoms. The molecule has 116 valence electrons. The molecule has 4 nitrogen and oxygen atoms in total. The highest BCUT2D eigenvalue weighted by molar-refractivity contribution is 7.12. The normalized spacial score (nSPS) is 11.9. The fourth-order valence-corrected chi connectivity index (χ4v) is 3.07. The fourth-order valence-electron chi connectivity index (χ4n) is 2.18. The van der Waals surface area contributed by atoms with Crippen LogP contribution in [-0.2, 0) is 22.4 Å². The molecule has 2 N–H and O–H groups in total. The molecule has 1 atom stereocenters. The number of carbonyl (C=O) groups excluding carboxylic acids is 1. The van der Waals surface area contributed by atoms with E-state index in [1.165, 1.54) is 0 Å². The van der Waals surface area contributed by atoms with Gasteiger partial charge in [0.25, 0.3) is 0 Å². The van der Waals surface area contributed by atoms with Gasteiger partial charge in [-0.2, -0.15) is 0 Å². The summed E-state index contributed by atoms with van der Waals surface area (Å²) in [5.74, 6) is -1.64. The van der Waals surface area contributed by atoms with Crippen molar-refractivity contribution in [1.29, 1.82) is 0 Å². The first kappa shape index (κ1) is 16.2. The van der Waals surface area contributed by atoms with Crippen molar-refractivity contribution in [3.63, 3.8) is 0 Å². The van der Waals surface area contributed by atoms with Gasteiger partial charge in [0.2, 0.25) is 5.91 Å². The standard InChI is InChI=1S/C17H19NO3S/c1-12-7-8-15(22-12)10-16(19)18-11-14(17(20)21)9-13-5-3-2-4-6-13/h2-8,14H,9-11H2,1H3,(H,18,19)(H,20,21). The molecule has 0 aliphatic rings. The minimum atomic E-state index is -0.892. The maximum absolute atomic E-state index is 11.9. The Morgan fingerprint density at radius 3 is 2.50 bits per heavy atom. The zero-order chi connectivity index (χ0) is 15.9. The molecule has 0 saturated carbocycles. The van der Waals surface area contributed by atoms with E-state index in [1.54, 1.807) is 11.3 Å². The van der Waals surface area contributed by atoms with E-state index in [1.807, 2.05) is 49.4 Å². The van der Waals surface area contributed by atoms with Crippen LogP contribution in [0.1, 0.15) is 15.3 Å². The van der Waals surface area contributed by atoms with Gasteiger partial charge < -0.3 is 10.4 Å². The number of carbonyl (C=O) groups is 2. The van der Waals surface area contributed by atoms with Crippen molar-refractivity contribution in [2.24, 2.45) is 5.92 Å². The molecule has 0 fully saturated rings. The Kier molecular flexibility index (Phi) is 5.72. The summed E-state index contributed by atoms with van der Waals surface area (Å²) in [4.78, 5) is 25.4. The van der Waals surface area contributed by atoms with Crippen molar-refractivity contribution >= 4 is 23.2 Å². The van der Waals surface area contributed by atoms with Crippen molar-refractivity contribution in [3.8, 4) is 0 Å². The van der Waals surface area contributed by atoms with E-state index >= 15 is 0 Å². The van der Waals surface area contributed by atoms with E-state index in [0.717, 1.165) is 15.3 Å². The van der Waals surface area contributed by atoms with Crippen LogP contribution < -0.4 is 5.32 Å². The molecule has 1 aromatic heterocycles. The van der Waals surface area contributed by atoms with Crippen LogP contribution in [0.3, 0.4) is 0 Å². The third-order valence-corrected chi connectivity index (χ3v) is 4.35. The van der Waals surface area contributed by atoms with E-state index in [4.69, 9.17) is 0 Å². The maximum Gasteiger partial charge on any atom is 0.308 e. The molecular formula is C17H19NO3S. The SMILES string of the molecule is Cc1ccc(CC(=O)NCC(Cc2ccccc2)C(=O)O)s1. The van der Waals surface area contributed by atoms with Gasteiger partial charge in [0.05, 0.1) is 12.3 Å².